The second-order valence-corrected chi connectivity index (χ2v) is 4.46. The Morgan fingerprint density at radius 1 is 1.06 bits per heavy atom. The number of nitrogens with zero attached hydrogens (tertiary/aromatic N) is 1. The predicted octanol–water partition coefficient (Wildman–Crippen LogP) is 3.57. The van der Waals surface area contributed by atoms with E-state index in [0.29, 0.717) is 0 Å². The second kappa shape index (κ2) is 4.22. The minimum atomic E-state index is 0.108. The highest BCUT2D eigenvalue weighted by molar-refractivity contribution is 6.09. The van der Waals surface area contributed by atoms with Gasteiger partial charge in [-0.2, -0.15) is 0 Å². The maximum atomic E-state index is 11.6. The summed E-state index contributed by atoms with van der Waals surface area (Å²) in [6.45, 7) is 1.61. The molecule has 1 aliphatic heterocycles. The van der Waals surface area contributed by atoms with Gasteiger partial charge in [0.2, 0.25) is 0 Å². The molecular formula is C16H13NO. The molecular weight excluding hydrogens is 222 g/mol. The quantitative estimate of drug-likeness (QED) is 0.732. The van der Waals surface area contributed by atoms with Gasteiger partial charge >= 0.3 is 0 Å². The van der Waals surface area contributed by atoms with Gasteiger partial charge in [-0.3, -0.25) is 9.79 Å². The second-order valence-electron chi connectivity index (χ2n) is 4.46. The Kier molecular flexibility index (Phi) is 2.56. The van der Waals surface area contributed by atoms with Gasteiger partial charge in [-0.05, 0) is 24.1 Å². The first-order valence-electron chi connectivity index (χ1n) is 6.01. The molecule has 0 atom stereocenters. The summed E-state index contributed by atoms with van der Waals surface area (Å²) in [5.74, 6) is 0.108. The van der Waals surface area contributed by atoms with Gasteiger partial charge in [-0.25, -0.2) is 0 Å². The van der Waals surface area contributed by atoms with E-state index >= 15 is 0 Å². The zero-order valence-electron chi connectivity index (χ0n) is 10.2. The molecule has 2 nitrogen and oxygen atoms in total. The normalized spacial score (nSPS) is 13.1. The molecule has 2 heteroatoms. The maximum absolute atomic E-state index is 11.6. The van der Waals surface area contributed by atoms with Crippen molar-refractivity contribution < 1.29 is 4.79 Å². The lowest BCUT2D eigenvalue weighted by Crippen LogP contribution is -2.03. The molecule has 18 heavy (non-hydrogen) atoms. The molecule has 0 aliphatic carbocycles. The molecule has 0 unspecified atom stereocenters. The van der Waals surface area contributed by atoms with Crippen molar-refractivity contribution in [3.8, 4) is 0 Å². The Hall–Kier alpha value is -2.22. The lowest BCUT2D eigenvalue weighted by Gasteiger charge is -2.03. The Morgan fingerprint density at radius 2 is 1.83 bits per heavy atom. The summed E-state index contributed by atoms with van der Waals surface area (Å²) < 4.78 is 0. The molecule has 0 radical (unpaired) electrons. The van der Waals surface area contributed by atoms with E-state index < -0.39 is 0 Å². The predicted molar refractivity (Wildman–Crippen MR) is 72.8 cm³/mol. The lowest BCUT2D eigenvalue weighted by atomic mass is 9.98. The molecule has 0 N–H and O–H groups in total. The van der Waals surface area contributed by atoms with Crippen LogP contribution in [0.3, 0.4) is 0 Å². The van der Waals surface area contributed by atoms with Crippen LogP contribution in [0.2, 0.25) is 0 Å². The monoisotopic (exact) mass is 235 g/mol. The van der Waals surface area contributed by atoms with Crippen LogP contribution < -0.4 is 0 Å². The lowest BCUT2D eigenvalue weighted by molar-refractivity contribution is 0.101. The van der Waals surface area contributed by atoms with Crippen LogP contribution in [-0.4, -0.2) is 11.5 Å². The van der Waals surface area contributed by atoms with Crippen LogP contribution in [0.4, 0.5) is 5.69 Å². The summed E-state index contributed by atoms with van der Waals surface area (Å²) in [7, 11) is 0. The van der Waals surface area contributed by atoms with Crippen LogP contribution in [0, 0.1) is 0 Å². The number of fused-ring (bicyclic) bond motifs is 1. The van der Waals surface area contributed by atoms with Crippen molar-refractivity contribution in [1.29, 1.82) is 0 Å². The topological polar surface area (TPSA) is 29.4 Å². The van der Waals surface area contributed by atoms with E-state index in [-0.39, 0.29) is 5.78 Å². The summed E-state index contributed by atoms with van der Waals surface area (Å²) in [5, 5.41) is 0. The third-order valence-electron chi connectivity index (χ3n) is 3.24. The van der Waals surface area contributed by atoms with Crippen LogP contribution in [0.5, 0.6) is 0 Å². The number of ketones is 1. The zero-order chi connectivity index (χ0) is 12.5. The SMILES string of the molecule is CC(=O)c1cccc2c1CC(c1ccccc1)=N2. The summed E-state index contributed by atoms with van der Waals surface area (Å²) >= 11 is 0. The maximum Gasteiger partial charge on any atom is 0.160 e. The van der Waals surface area contributed by atoms with Crippen molar-refractivity contribution in [3.05, 3.63) is 65.2 Å². The third-order valence-corrected chi connectivity index (χ3v) is 3.24. The van der Waals surface area contributed by atoms with Crippen LogP contribution in [0.15, 0.2) is 53.5 Å². The number of Topliss-reactive ketones (excluding diaryl/α,β-unsaturated/α-hetero) is 1. The number of hydrogen-bond acceptors (Lipinski definition) is 2. The molecule has 0 saturated heterocycles. The Balaban J connectivity index is 2.04. The number of rotatable bonds is 2. The Morgan fingerprint density at radius 3 is 2.56 bits per heavy atom. The first-order chi connectivity index (χ1) is 8.75. The van der Waals surface area contributed by atoms with Crippen molar-refractivity contribution in [3.63, 3.8) is 0 Å². The molecule has 3 rings (SSSR count). The molecule has 1 aliphatic rings. The van der Waals surface area contributed by atoms with Crippen molar-refractivity contribution in [1.82, 2.24) is 0 Å². The van der Waals surface area contributed by atoms with Gasteiger partial charge in [0, 0.05) is 12.0 Å². The highest BCUT2D eigenvalue weighted by Crippen LogP contribution is 2.31. The zero-order valence-corrected chi connectivity index (χ0v) is 10.2. The van der Waals surface area contributed by atoms with Gasteiger partial charge in [0.15, 0.2) is 5.78 Å². The smallest absolute Gasteiger partial charge is 0.160 e. The largest absolute Gasteiger partial charge is 0.294 e. The average molecular weight is 235 g/mol. The van der Waals surface area contributed by atoms with Crippen molar-refractivity contribution in [2.75, 3.05) is 0 Å². The van der Waals surface area contributed by atoms with E-state index in [0.717, 1.165) is 34.5 Å². The minimum Gasteiger partial charge on any atom is -0.294 e. The van der Waals surface area contributed by atoms with E-state index in [2.05, 4.69) is 17.1 Å². The summed E-state index contributed by atoms with van der Waals surface area (Å²) in [6.07, 6.45) is 0.745. The summed E-state index contributed by atoms with van der Waals surface area (Å²) in [5.41, 5.74) is 4.95. The van der Waals surface area contributed by atoms with Crippen LogP contribution >= 0.6 is 0 Å². The molecule has 0 fully saturated rings. The van der Waals surface area contributed by atoms with Crippen molar-refractivity contribution in [2.24, 2.45) is 4.99 Å². The molecule has 1 heterocycles. The van der Waals surface area contributed by atoms with E-state index in [9.17, 15) is 4.79 Å². The molecule has 0 aromatic heterocycles. The van der Waals surface area contributed by atoms with Crippen LogP contribution in [0.25, 0.3) is 0 Å². The van der Waals surface area contributed by atoms with Gasteiger partial charge in [0.1, 0.15) is 0 Å². The molecule has 0 spiro atoms. The Bertz CT molecular complexity index is 641. The number of benzene rings is 2. The van der Waals surface area contributed by atoms with Gasteiger partial charge in [0.25, 0.3) is 0 Å². The fraction of sp³-hybridized carbons (Fsp3) is 0.125. The number of carbonyl (C=O) groups is 1. The molecule has 0 amide bonds. The van der Waals surface area contributed by atoms with Gasteiger partial charge in [-0.15, -0.1) is 0 Å². The first kappa shape index (κ1) is 10.9. The third kappa shape index (κ3) is 1.76. The van der Waals surface area contributed by atoms with Crippen LogP contribution in [0.1, 0.15) is 28.4 Å². The Labute approximate surface area is 106 Å². The van der Waals surface area contributed by atoms with Gasteiger partial charge < -0.3 is 0 Å². The van der Waals surface area contributed by atoms with Crippen LogP contribution in [-0.2, 0) is 6.42 Å². The number of aliphatic imine (C=N–C) groups is 1. The summed E-state index contributed by atoms with van der Waals surface area (Å²) in [6, 6.07) is 15.9. The minimum absolute atomic E-state index is 0.108. The van der Waals surface area contributed by atoms with E-state index in [1.807, 2.05) is 36.4 Å². The standard InChI is InChI=1S/C16H13NO/c1-11(18)13-8-5-9-15-14(13)10-16(17-15)12-6-3-2-4-7-12/h2-9H,10H2,1H3. The van der Waals surface area contributed by atoms with Crippen molar-refractivity contribution >= 4 is 17.2 Å². The first-order valence-corrected chi connectivity index (χ1v) is 6.01. The van der Waals surface area contributed by atoms with E-state index in [4.69, 9.17) is 0 Å². The van der Waals surface area contributed by atoms with Crippen molar-refractivity contribution in [2.45, 2.75) is 13.3 Å². The van der Waals surface area contributed by atoms with Gasteiger partial charge in [-0.1, -0.05) is 42.5 Å². The highest BCUT2D eigenvalue weighted by atomic mass is 16.1. The summed E-state index contributed by atoms with van der Waals surface area (Å²) in [4.78, 5) is 16.2. The number of hydrogen-bond donors (Lipinski definition) is 0. The fourth-order valence-electron chi connectivity index (χ4n) is 2.34. The molecule has 0 bridgehead atoms. The van der Waals surface area contributed by atoms with E-state index in [1.54, 1.807) is 6.92 Å². The molecule has 0 saturated carbocycles. The average Bonchev–Trinajstić information content (AvgIpc) is 2.83. The molecule has 88 valence electrons. The molecule has 2 aromatic rings. The fourth-order valence-corrected chi connectivity index (χ4v) is 2.34. The molecule has 2 aromatic carbocycles. The van der Waals surface area contributed by atoms with Gasteiger partial charge in [0.05, 0.1) is 11.4 Å². The van der Waals surface area contributed by atoms with E-state index in [1.165, 1.54) is 0 Å². The highest BCUT2D eigenvalue weighted by Gasteiger charge is 2.20. The number of carbonyl (C=O) groups excluding carboxylic acids is 1.